The van der Waals surface area contributed by atoms with Gasteiger partial charge in [0.25, 0.3) is 0 Å². The molecule has 1 saturated heterocycles. The quantitative estimate of drug-likeness (QED) is 0.886. The van der Waals surface area contributed by atoms with E-state index in [1.165, 1.54) is 6.07 Å². The molecule has 1 aliphatic heterocycles. The predicted octanol–water partition coefficient (Wildman–Crippen LogP) is 3.88. The fourth-order valence-corrected chi connectivity index (χ4v) is 2.69. The number of halogens is 2. The summed E-state index contributed by atoms with van der Waals surface area (Å²) in [6.45, 7) is 6.30. The van der Waals surface area contributed by atoms with E-state index in [1.807, 2.05) is 0 Å². The zero-order valence-corrected chi connectivity index (χ0v) is 12.2. The largest absolute Gasteiger partial charge is 0.487 e. The Morgan fingerprint density at radius 2 is 2.26 bits per heavy atom. The highest BCUT2D eigenvalue weighted by Gasteiger charge is 2.27. The molecule has 2 rings (SSSR count). The van der Waals surface area contributed by atoms with Crippen LogP contribution in [0.25, 0.3) is 0 Å². The summed E-state index contributed by atoms with van der Waals surface area (Å²) in [6, 6.07) is 4.59. The Hall–Kier alpha value is -0.800. The molecule has 106 valence electrons. The van der Waals surface area contributed by atoms with Gasteiger partial charge in [-0.25, -0.2) is 4.39 Å². The molecule has 1 unspecified atom stereocenters. The van der Waals surface area contributed by atoms with Gasteiger partial charge in [0.2, 0.25) is 0 Å². The first-order valence-corrected chi connectivity index (χ1v) is 7.26. The van der Waals surface area contributed by atoms with Gasteiger partial charge < -0.3 is 10.1 Å². The minimum absolute atomic E-state index is 0.0608. The van der Waals surface area contributed by atoms with Gasteiger partial charge in [0.1, 0.15) is 6.10 Å². The monoisotopic (exact) mass is 285 g/mol. The molecule has 1 aromatic carbocycles. The van der Waals surface area contributed by atoms with Gasteiger partial charge in [-0.3, -0.25) is 0 Å². The topological polar surface area (TPSA) is 21.3 Å². The van der Waals surface area contributed by atoms with Gasteiger partial charge in [-0.2, -0.15) is 0 Å². The van der Waals surface area contributed by atoms with E-state index in [-0.39, 0.29) is 11.9 Å². The van der Waals surface area contributed by atoms with Crippen molar-refractivity contribution in [2.24, 2.45) is 11.8 Å². The predicted molar refractivity (Wildman–Crippen MR) is 76.3 cm³/mol. The van der Waals surface area contributed by atoms with Gasteiger partial charge in [0.15, 0.2) is 11.6 Å². The Bertz CT molecular complexity index is 419. The molecule has 0 bridgehead atoms. The molecule has 0 aromatic heterocycles. The Kier molecular flexibility index (Phi) is 5.06. The fourth-order valence-electron chi connectivity index (χ4n) is 2.53. The van der Waals surface area contributed by atoms with Gasteiger partial charge >= 0.3 is 0 Å². The molecule has 0 amide bonds. The Labute approximate surface area is 119 Å². The van der Waals surface area contributed by atoms with E-state index in [0.29, 0.717) is 22.6 Å². The fraction of sp³-hybridized carbons (Fsp3) is 0.600. The zero-order chi connectivity index (χ0) is 13.8. The molecular formula is C15H21ClFNO. The van der Waals surface area contributed by atoms with Crippen molar-refractivity contribution in [2.45, 2.75) is 32.8 Å². The van der Waals surface area contributed by atoms with Crippen molar-refractivity contribution in [1.82, 2.24) is 5.32 Å². The third kappa shape index (κ3) is 4.08. The second-order valence-corrected chi connectivity index (χ2v) is 6.05. The van der Waals surface area contributed by atoms with Gasteiger partial charge in [0.05, 0.1) is 0 Å². The number of rotatable bonds is 5. The maximum Gasteiger partial charge on any atom is 0.166 e. The summed E-state index contributed by atoms with van der Waals surface area (Å²) in [4.78, 5) is 0. The highest BCUT2D eigenvalue weighted by molar-refractivity contribution is 6.30. The highest BCUT2D eigenvalue weighted by atomic mass is 35.5. The summed E-state index contributed by atoms with van der Waals surface area (Å²) in [6.07, 6.45) is 2.09. The van der Waals surface area contributed by atoms with Crippen LogP contribution in [0.5, 0.6) is 5.75 Å². The van der Waals surface area contributed by atoms with Crippen molar-refractivity contribution in [1.29, 1.82) is 0 Å². The molecule has 1 N–H and O–H groups in total. The summed E-state index contributed by atoms with van der Waals surface area (Å²) in [7, 11) is 0. The zero-order valence-electron chi connectivity index (χ0n) is 11.5. The smallest absolute Gasteiger partial charge is 0.166 e. The van der Waals surface area contributed by atoms with Crippen molar-refractivity contribution in [3.8, 4) is 5.75 Å². The summed E-state index contributed by atoms with van der Waals surface area (Å²) >= 11 is 5.76. The first-order valence-electron chi connectivity index (χ1n) is 6.88. The Balaban J connectivity index is 2.09. The minimum atomic E-state index is -0.382. The second kappa shape index (κ2) is 6.58. The summed E-state index contributed by atoms with van der Waals surface area (Å²) in [5.74, 6) is 0.910. The molecule has 0 aliphatic carbocycles. The summed E-state index contributed by atoms with van der Waals surface area (Å²) in [5.41, 5.74) is 0. The average molecular weight is 286 g/mol. The normalized spacial score (nSPS) is 20.8. The van der Waals surface area contributed by atoms with Crippen LogP contribution in [0.2, 0.25) is 5.02 Å². The molecule has 1 aliphatic rings. The van der Waals surface area contributed by atoms with Gasteiger partial charge in [-0.1, -0.05) is 25.4 Å². The van der Waals surface area contributed by atoms with E-state index in [2.05, 4.69) is 19.2 Å². The molecule has 19 heavy (non-hydrogen) atoms. The first-order chi connectivity index (χ1) is 9.06. The van der Waals surface area contributed by atoms with Crippen molar-refractivity contribution < 1.29 is 9.13 Å². The molecule has 1 fully saturated rings. The highest BCUT2D eigenvalue weighted by Crippen LogP contribution is 2.28. The molecule has 1 aromatic rings. The lowest BCUT2D eigenvalue weighted by Crippen LogP contribution is -2.30. The molecule has 0 spiro atoms. The summed E-state index contributed by atoms with van der Waals surface area (Å²) in [5, 5.41) is 3.74. The molecular weight excluding hydrogens is 265 g/mol. The Morgan fingerprint density at radius 1 is 1.47 bits per heavy atom. The van der Waals surface area contributed by atoms with Crippen LogP contribution in [-0.4, -0.2) is 19.2 Å². The molecule has 4 heteroatoms. The van der Waals surface area contributed by atoms with Gasteiger partial charge in [-0.05, 0) is 43.5 Å². The van der Waals surface area contributed by atoms with E-state index in [4.69, 9.17) is 16.3 Å². The van der Waals surface area contributed by atoms with Crippen LogP contribution in [-0.2, 0) is 0 Å². The van der Waals surface area contributed by atoms with Crippen molar-refractivity contribution in [3.63, 3.8) is 0 Å². The number of ether oxygens (including phenoxy) is 1. The maximum absolute atomic E-state index is 13.8. The van der Waals surface area contributed by atoms with Crippen LogP contribution in [0, 0.1) is 17.7 Å². The van der Waals surface area contributed by atoms with Crippen LogP contribution in [0.4, 0.5) is 4.39 Å². The van der Waals surface area contributed by atoms with E-state index in [9.17, 15) is 4.39 Å². The number of nitrogens with one attached hydrogen (secondary N) is 1. The lowest BCUT2D eigenvalue weighted by Gasteiger charge is -2.26. The van der Waals surface area contributed by atoms with Gasteiger partial charge in [0, 0.05) is 17.5 Å². The number of benzene rings is 1. The molecule has 2 atom stereocenters. The van der Waals surface area contributed by atoms with E-state index in [1.54, 1.807) is 12.1 Å². The lowest BCUT2D eigenvalue weighted by molar-refractivity contribution is 0.114. The lowest BCUT2D eigenvalue weighted by atomic mass is 9.93. The molecule has 0 saturated carbocycles. The number of hydrogen-bond donors (Lipinski definition) is 1. The average Bonchev–Trinajstić information content (AvgIpc) is 2.84. The van der Waals surface area contributed by atoms with E-state index >= 15 is 0 Å². The van der Waals surface area contributed by atoms with Crippen molar-refractivity contribution in [3.05, 3.63) is 29.0 Å². The van der Waals surface area contributed by atoms with Crippen molar-refractivity contribution >= 4 is 11.6 Å². The van der Waals surface area contributed by atoms with Crippen LogP contribution in [0.1, 0.15) is 26.7 Å². The van der Waals surface area contributed by atoms with Crippen molar-refractivity contribution in [2.75, 3.05) is 13.1 Å². The van der Waals surface area contributed by atoms with Crippen LogP contribution >= 0.6 is 11.6 Å². The molecule has 1 heterocycles. The standard InChI is InChI=1S/C15H21ClFNO/c1-10(2)7-15(11-5-6-18-9-11)19-14-4-3-12(16)8-13(14)17/h3-4,8,10-11,15,18H,5-7,9H2,1-2H3/t11?,15-/m0/s1. The molecule has 2 nitrogen and oxygen atoms in total. The van der Waals surface area contributed by atoms with Crippen LogP contribution in [0.15, 0.2) is 18.2 Å². The third-order valence-corrected chi connectivity index (χ3v) is 3.74. The Morgan fingerprint density at radius 3 is 2.84 bits per heavy atom. The first kappa shape index (κ1) is 14.6. The SMILES string of the molecule is CC(C)C[C@H](Oc1ccc(Cl)cc1F)C1CCNC1. The summed E-state index contributed by atoms with van der Waals surface area (Å²) < 4.78 is 19.7. The maximum atomic E-state index is 13.8. The van der Waals surface area contributed by atoms with E-state index in [0.717, 1.165) is 25.9 Å². The molecule has 0 radical (unpaired) electrons. The number of hydrogen-bond acceptors (Lipinski definition) is 2. The van der Waals surface area contributed by atoms with Crippen LogP contribution in [0.3, 0.4) is 0 Å². The van der Waals surface area contributed by atoms with E-state index < -0.39 is 0 Å². The van der Waals surface area contributed by atoms with Crippen LogP contribution < -0.4 is 10.1 Å². The second-order valence-electron chi connectivity index (χ2n) is 5.61. The third-order valence-electron chi connectivity index (χ3n) is 3.50. The van der Waals surface area contributed by atoms with Gasteiger partial charge in [-0.15, -0.1) is 0 Å². The minimum Gasteiger partial charge on any atom is -0.487 e.